The minimum Gasteiger partial charge on any atom is -0.350 e. The van der Waals surface area contributed by atoms with Crippen molar-refractivity contribution in [2.45, 2.75) is 25.3 Å². The summed E-state index contributed by atoms with van der Waals surface area (Å²) in [6.45, 7) is 3.49. The van der Waals surface area contributed by atoms with E-state index in [4.69, 9.17) is 11.6 Å². The summed E-state index contributed by atoms with van der Waals surface area (Å²) < 4.78 is 28.3. The molecule has 0 unspecified atom stereocenters. The van der Waals surface area contributed by atoms with Gasteiger partial charge in [-0.3, -0.25) is 14.1 Å². The lowest BCUT2D eigenvalue weighted by Crippen LogP contribution is -2.41. The maximum atomic E-state index is 13.6. The smallest absolute Gasteiger partial charge is 0.264 e. The monoisotopic (exact) mass is 519 g/mol. The van der Waals surface area contributed by atoms with Crippen LogP contribution in [0.25, 0.3) is 11.3 Å². The van der Waals surface area contributed by atoms with Crippen LogP contribution in [0.15, 0.2) is 96.0 Å². The van der Waals surface area contributed by atoms with E-state index in [0.717, 1.165) is 26.7 Å². The van der Waals surface area contributed by atoms with Crippen LogP contribution in [0.5, 0.6) is 0 Å². The molecule has 0 atom stereocenters. The average molecular weight is 520 g/mol. The third-order valence-corrected chi connectivity index (χ3v) is 7.99. The van der Waals surface area contributed by atoms with Crippen molar-refractivity contribution >= 4 is 33.2 Å². The number of hydrogen-bond donors (Lipinski definition) is 1. The molecule has 184 valence electrons. The predicted octanol–water partition coefficient (Wildman–Crippen LogP) is 5.53. The molecule has 1 aromatic heterocycles. The Balaban J connectivity index is 1.53. The Labute approximate surface area is 216 Å². The third kappa shape index (κ3) is 5.75. The molecule has 0 saturated heterocycles. The number of rotatable bonds is 8. The highest BCUT2D eigenvalue weighted by atomic mass is 35.5. The number of sulfonamides is 1. The number of aromatic nitrogens is 1. The molecule has 4 rings (SSSR count). The van der Waals surface area contributed by atoms with Gasteiger partial charge in [0.1, 0.15) is 6.54 Å². The van der Waals surface area contributed by atoms with E-state index in [9.17, 15) is 13.2 Å². The minimum atomic E-state index is -4.02. The fourth-order valence-corrected chi connectivity index (χ4v) is 5.37. The fraction of sp³-hybridized carbons (Fsp3) is 0.143. The van der Waals surface area contributed by atoms with Crippen LogP contribution in [0.2, 0.25) is 5.02 Å². The Morgan fingerprint density at radius 1 is 0.917 bits per heavy atom. The lowest BCUT2D eigenvalue weighted by atomic mass is 10.1. The third-order valence-electron chi connectivity index (χ3n) is 5.81. The lowest BCUT2D eigenvalue weighted by molar-refractivity contribution is -0.119. The first kappa shape index (κ1) is 25.4. The van der Waals surface area contributed by atoms with Crippen molar-refractivity contribution in [2.75, 3.05) is 10.8 Å². The quantitative estimate of drug-likeness (QED) is 0.332. The fourth-order valence-electron chi connectivity index (χ4n) is 3.72. The molecule has 1 amide bonds. The number of carbonyl (C=O) groups excluding carboxylic acids is 1. The molecule has 1 N–H and O–H groups in total. The number of nitrogens with one attached hydrogen (secondary N) is 1. The first-order chi connectivity index (χ1) is 17.3. The molecule has 4 aromatic rings. The molecule has 6 nitrogen and oxygen atoms in total. The summed E-state index contributed by atoms with van der Waals surface area (Å²) in [5.74, 6) is -0.432. The topological polar surface area (TPSA) is 79.4 Å². The maximum Gasteiger partial charge on any atom is 0.264 e. The number of pyridine rings is 1. The van der Waals surface area contributed by atoms with Crippen LogP contribution in [-0.2, 0) is 21.4 Å². The molecule has 0 bridgehead atoms. The van der Waals surface area contributed by atoms with Crippen molar-refractivity contribution in [1.82, 2.24) is 10.3 Å². The zero-order valence-electron chi connectivity index (χ0n) is 20.0. The van der Waals surface area contributed by atoms with Crippen LogP contribution >= 0.6 is 11.6 Å². The summed E-state index contributed by atoms with van der Waals surface area (Å²) in [4.78, 5) is 17.4. The molecular weight excluding hydrogens is 494 g/mol. The van der Waals surface area contributed by atoms with Crippen molar-refractivity contribution < 1.29 is 13.2 Å². The highest BCUT2D eigenvalue weighted by Crippen LogP contribution is 2.31. The van der Waals surface area contributed by atoms with Crippen LogP contribution in [0, 0.1) is 13.8 Å². The van der Waals surface area contributed by atoms with Crippen molar-refractivity contribution in [3.05, 3.63) is 113 Å². The number of anilines is 1. The second-order valence-corrected chi connectivity index (χ2v) is 10.7. The SMILES string of the molecule is Cc1ccc(S(=O)(=O)N(CC(=O)NCc2ccc(-c3ccccn3)cc2)c2cccc(Cl)c2C)cc1. The van der Waals surface area contributed by atoms with E-state index in [1.54, 1.807) is 55.6 Å². The first-order valence-electron chi connectivity index (χ1n) is 11.4. The van der Waals surface area contributed by atoms with E-state index in [2.05, 4.69) is 10.3 Å². The van der Waals surface area contributed by atoms with E-state index in [0.29, 0.717) is 16.3 Å². The van der Waals surface area contributed by atoms with E-state index in [1.165, 1.54) is 0 Å². The van der Waals surface area contributed by atoms with Gasteiger partial charge in [-0.15, -0.1) is 0 Å². The number of benzene rings is 3. The van der Waals surface area contributed by atoms with Crippen molar-refractivity contribution in [3.63, 3.8) is 0 Å². The van der Waals surface area contributed by atoms with E-state index < -0.39 is 15.9 Å². The molecule has 0 aliphatic rings. The molecule has 36 heavy (non-hydrogen) atoms. The summed E-state index contributed by atoms with van der Waals surface area (Å²) in [6.07, 6.45) is 1.74. The number of carbonyl (C=O) groups is 1. The van der Waals surface area contributed by atoms with Crippen molar-refractivity contribution in [1.29, 1.82) is 0 Å². The summed E-state index contributed by atoms with van der Waals surface area (Å²) in [7, 11) is -4.02. The molecule has 0 saturated carbocycles. The summed E-state index contributed by atoms with van der Waals surface area (Å²) >= 11 is 6.28. The largest absolute Gasteiger partial charge is 0.350 e. The zero-order valence-corrected chi connectivity index (χ0v) is 21.6. The summed E-state index contributed by atoms with van der Waals surface area (Å²) in [5, 5.41) is 3.25. The molecule has 0 aliphatic heterocycles. The predicted molar refractivity (Wildman–Crippen MR) is 143 cm³/mol. The molecular formula is C28H26ClN3O3S. The maximum absolute atomic E-state index is 13.6. The molecule has 0 radical (unpaired) electrons. The number of halogens is 1. The molecule has 0 fully saturated rings. The van der Waals surface area contributed by atoms with Crippen LogP contribution in [0.4, 0.5) is 5.69 Å². The summed E-state index contributed by atoms with van der Waals surface area (Å²) in [5.41, 5.74) is 4.59. The molecule has 0 spiro atoms. The van der Waals surface area contributed by atoms with Gasteiger partial charge in [0.15, 0.2) is 0 Å². The van der Waals surface area contributed by atoms with Crippen molar-refractivity contribution in [2.24, 2.45) is 0 Å². The van der Waals surface area contributed by atoms with Crippen LogP contribution in [-0.4, -0.2) is 25.9 Å². The van der Waals surface area contributed by atoms with E-state index >= 15 is 0 Å². The Morgan fingerprint density at radius 2 is 1.64 bits per heavy atom. The van der Waals surface area contributed by atoms with E-state index in [1.807, 2.05) is 49.4 Å². The zero-order chi connectivity index (χ0) is 25.7. The van der Waals surface area contributed by atoms with Gasteiger partial charge >= 0.3 is 0 Å². The van der Waals surface area contributed by atoms with Crippen molar-refractivity contribution in [3.8, 4) is 11.3 Å². The van der Waals surface area contributed by atoms with Gasteiger partial charge in [-0.1, -0.05) is 65.7 Å². The van der Waals surface area contributed by atoms with Crippen LogP contribution in [0.1, 0.15) is 16.7 Å². The average Bonchev–Trinajstić information content (AvgIpc) is 2.89. The van der Waals surface area contributed by atoms with Crippen LogP contribution < -0.4 is 9.62 Å². The van der Waals surface area contributed by atoms with Crippen LogP contribution in [0.3, 0.4) is 0 Å². The van der Waals surface area contributed by atoms with Gasteiger partial charge in [0, 0.05) is 23.3 Å². The van der Waals surface area contributed by atoms with Gasteiger partial charge in [0.05, 0.1) is 16.3 Å². The van der Waals surface area contributed by atoms with Gasteiger partial charge in [0.2, 0.25) is 5.91 Å². The Morgan fingerprint density at radius 3 is 2.31 bits per heavy atom. The second-order valence-electron chi connectivity index (χ2n) is 8.40. The Hall–Kier alpha value is -3.68. The van der Waals surface area contributed by atoms with Gasteiger partial charge in [0.25, 0.3) is 10.0 Å². The van der Waals surface area contributed by atoms with Gasteiger partial charge < -0.3 is 5.32 Å². The van der Waals surface area contributed by atoms with Gasteiger partial charge in [-0.05, 0) is 61.4 Å². The van der Waals surface area contributed by atoms with Gasteiger partial charge in [-0.25, -0.2) is 8.42 Å². The van der Waals surface area contributed by atoms with Gasteiger partial charge in [-0.2, -0.15) is 0 Å². The minimum absolute atomic E-state index is 0.102. The van der Waals surface area contributed by atoms with E-state index in [-0.39, 0.29) is 18.0 Å². The molecule has 0 aliphatic carbocycles. The Kier molecular flexibility index (Phi) is 7.72. The lowest BCUT2D eigenvalue weighted by Gasteiger charge is -2.26. The standard InChI is InChI=1S/C28H26ClN3O3S/c1-20-9-15-24(16-10-20)36(34,35)32(27-8-5-6-25(29)21(27)2)19-28(33)31-18-22-11-13-23(14-12-22)26-7-3-4-17-30-26/h3-17H,18-19H2,1-2H3,(H,31,33). The highest BCUT2D eigenvalue weighted by molar-refractivity contribution is 7.92. The Bertz CT molecular complexity index is 1460. The number of aryl methyl sites for hydroxylation is 1. The number of amides is 1. The number of nitrogens with zero attached hydrogens (tertiary/aromatic N) is 2. The highest BCUT2D eigenvalue weighted by Gasteiger charge is 2.28. The first-order valence-corrected chi connectivity index (χ1v) is 13.2. The summed E-state index contributed by atoms with van der Waals surface area (Å²) in [6, 6.07) is 24.9. The second kappa shape index (κ2) is 10.9. The number of hydrogen-bond acceptors (Lipinski definition) is 4. The molecule has 8 heteroatoms. The normalized spacial score (nSPS) is 11.2. The molecule has 3 aromatic carbocycles. The molecule has 1 heterocycles.